The van der Waals surface area contributed by atoms with Crippen LogP contribution in [0.5, 0.6) is 5.75 Å². The Labute approximate surface area is 94.8 Å². The molecule has 86 valence electrons. The van der Waals surface area contributed by atoms with Gasteiger partial charge in [0.2, 0.25) is 0 Å². The largest absolute Gasteiger partial charge is 0.493 e. The van der Waals surface area contributed by atoms with Crippen LogP contribution in [0.4, 0.5) is 0 Å². The molecule has 1 fully saturated rings. The molecule has 16 heavy (non-hydrogen) atoms. The van der Waals surface area contributed by atoms with E-state index in [4.69, 9.17) is 10.5 Å². The molecule has 0 aliphatic heterocycles. The highest BCUT2D eigenvalue weighted by molar-refractivity contribution is 5.97. The molecule has 0 spiro atoms. The smallest absolute Gasteiger partial charge is 0.255 e. The van der Waals surface area contributed by atoms with E-state index in [0.29, 0.717) is 17.9 Å². The Hall–Kier alpha value is -1.55. The first-order chi connectivity index (χ1) is 7.72. The van der Waals surface area contributed by atoms with Crippen LogP contribution in [-0.2, 0) is 0 Å². The molecule has 3 N–H and O–H groups in total. The lowest BCUT2D eigenvalue weighted by molar-refractivity contribution is 0.0946. The summed E-state index contributed by atoms with van der Waals surface area (Å²) in [5.41, 5.74) is 6.22. The molecule has 4 heteroatoms. The molecule has 0 radical (unpaired) electrons. The molecule has 2 unspecified atom stereocenters. The highest BCUT2D eigenvalue weighted by atomic mass is 16.5. The summed E-state index contributed by atoms with van der Waals surface area (Å²) in [4.78, 5) is 11.9. The van der Waals surface area contributed by atoms with Gasteiger partial charge in [0.05, 0.1) is 12.2 Å². The molecule has 0 heterocycles. The minimum atomic E-state index is -0.109. The predicted molar refractivity (Wildman–Crippen MR) is 61.5 cm³/mol. The minimum Gasteiger partial charge on any atom is -0.493 e. The third-order valence-corrected chi connectivity index (χ3v) is 2.59. The van der Waals surface area contributed by atoms with Crippen LogP contribution in [-0.4, -0.2) is 24.6 Å². The molecule has 0 saturated heterocycles. The van der Waals surface area contributed by atoms with Crippen molar-refractivity contribution < 1.29 is 9.53 Å². The summed E-state index contributed by atoms with van der Waals surface area (Å²) in [6.45, 7) is 2.44. The van der Waals surface area contributed by atoms with E-state index in [1.54, 1.807) is 12.1 Å². The second kappa shape index (κ2) is 4.53. The molecule has 4 nitrogen and oxygen atoms in total. The zero-order valence-electron chi connectivity index (χ0n) is 9.27. The van der Waals surface area contributed by atoms with Gasteiger partial charge in [-0.15, -0.1) is 0 Å². The fraction of sp³-hybridized carbons (Fsp3) is 0.417. The van der Waals surface area contributed by atoms with Crippen LogP contribution in [0.2, 0.25) is 0 Å². The molecule has 1 saturated carbocycles. The van der Waals surface area contributed by atoms with Crippen molar-refractivity contribution in [1.82, 2.24) is 5.32 Å². The van der Waals surface area contributed by atoms with Gasteiger partial charge in [-0.05, 0) is 25.5 Å². The van der Waals surface area contributed by atoms with Gasteiger partial charge in [0.15, 0.2) is 0 Å². The number of nitrogens with one attached hydrogen (secondary N) is 1. The van der Waals surface area contributed by atoms with E-state index in [1.807, 2.05) is 19.1 Å². The van der Waals surface area contributed by atoms with Gasteiger partial charge in [-0.25, -0.2) is 0 Å². The van der Waals surface area contributed by atoms with Gasteiger partial charge in [-0.3, -0.25) is 4.79 Å². The standard InChI is InChI=1S/C12H16N2O2/c1-2-16-11-6-4-3-5-8(11)12(15)14-10-7-9(10)13/h3-6,9-10H,2,7,13H2,1H3,(H,14,15). The van der Waals surface area contributed by atoms with Crippen LogP contribution in [0, 0.1) is 0 Å². The zero-order valence-corrected chi connectivity index (χ0v) is 9.27. The number of carbonyl (C=O) groups excluding carboxylic acids is 1. The molecule has 1 amide bonds. The Morgan fingerprint density at radius 3 is 2.88 bits per heavy atom. The number of hydrogen-bond donors (Lipinski definition) is 2. The van der Waals surface area contributed by atoms with E-state index < -0.39 is 0 Å². The van der Waals surface area contributed by atoms with Crippen molar-refractivity contribution in [2.75, 3.05) is 6.61 Å². The van der Waals surface area contributed by atoms with Gasteiger partial charge < -0.3 is 15.8 Å². The number of nitrogens with two attached hydrogens (primary N) is 1. The second-order valence-corrected chi connectivity index (χ2v) is 3.91. The molecule has 0 aromatic heterocycles. The molecule has 0 bridgehead atoms. The maximum Gasteiger partial charge on any atom is 0.255 e. The molecule has 2 rings (SSSR count). The lowest BCUT2D eigenvalue weighted by Gasteiger charge is -2.09. The van der Waals surface area contributed by atoms with Crippen LogP contribution in [0.15, 0.2) is 24.3 Å². The molecule has 2 atom stereocenters. The first-order valence-electron chi connectivity index (χ1n) is 5.50. The lowest BCUT2D eigenvalue weighted by Crippen LogP contribution is -2.29. The maximum atomic E-state index is 11.9. The SMILES string of the molecule is CCOc1ccccc1C(=O)NC1CC1N. The number of ether oxygens (including phenoxy) is 1. The summed E-state index contributed by atoms with van der Waals surface area (Å²) in [6.07, 6.45) is 0.864. The van der Waals surface area contributed by atoms with Crippen LogP contribution in [0.1, 0.15) is 23.7 Å². The van der Waals surface area contributed by atoms with Crippen molar-refractivity contribution in [2.45, 2.75) is 25.4 Å². The van der Waals surface area contributed by atoms with Crippen LogP contribution < -0.4 is 15.8 Å². The van der Waals surface area contributed by atoms with Crippen molar-refractivity contribution in [3.63, 3.8) is 0 Å². The van der Waals surface area contributed by atoms with Gasteiger partial charge in [0.25, 0.3) is 5.91 Å². The van der Waals surface area contributed by atoms with E-state index in [2.05, 4.69) is 5.32 Å². The van der Waals surface area contributed by atoms with Gasteiger partial charge in [0.1, 0.15) is 5.75 Å². The second-order valence-electron chi connectivity index (χ2n) is 3.91. The Kier molecular flexibility index (Phi) is 3.10. The zero-order chi connectivity index (χ0) is 11.5. The van der Waals surface area contributed by atoms with Gasteiger partial charge in [-0.1, -0.05) is 12.1 Å². The van der Waals surface area contributed by atoms with Gasteiger partial charge in [0, 0.05) is 12.1 Å². The van der Waals surface area contributed by atoms with Crippen molar-refractivity contribution in [2.24, 2.45) is 5.73 Å². The van der Waals surface area contributed by atoms with Gasteiger partial charge in [-0.2, -0.15) is 0 Å². The third kappa shape index (κ3) is 2.33. The summed E-state index contributed by atoms with van der Waals surface area (Å²) in [5.74, 6) is 0.513. The number of hydrogen-bond acceptors (Lipinski definition) is 3. The molecule has 1 aliphatic rings. The number of rotatable bonds is 4. The first-order valence-corrected chi connectivity index (χ1v) is 5.50. The van der Waals surface area contributed by atoms with Crippen molar-refractivity contribution in [1.29, 1.82) is 0 Å². The summed E-state index contributed by atoms with van der Waals surface area (Å²) < 4.78 is 5.39. The minimum absolute atomic E-state index is 0.109. The highest BCUT2D eigenvalue weighted by Gasteiger charge is 2.35. The molecular formula is C12H16N2O2. The first kappa shape index (κ1) is 11.0. The average Bonchev–Trinajstić information content (AvgIpc) is 2.95. The Bertz CT molecular complexity index is 392. The number of carbonyl (C=O) groups is 1. The molecule has 1 aromatic carbocycles. The van der Waals surface area contributed by atoms with Gasteiger partial charge >= 0.3 is 0 Å². The fourth-order valence-corrected chi connectivity index (χ4v) is 1.56. The normalized spacial score (nSPS) is 22.6. The Morgan fingerprint density at radius 1 is 1.56 bits per heavy atom. The summed E-state index contributed by atoms with van der Waals surface area (Å²) in [7, 11) is 0. The van der Waals surface area contributed by atoms with E-state index in [0.717, 1.165) is 6.42 Å². The lowest BCUT2D eigenvalue weighted by atomic mass is 10.2. The summed E-state index contributed by atoms with van der Waals surface area (Å²) in [6, 6.07) is 7.47. The van der Waals surface area contributed by atoms with Crippen LogP contribution in [0.3, 0.4) is 0 Å². The fourth-order valence-electron chi connectivity index (χ4n) is 1.56. The summed E-state index contributed by atoms with van der Waals surface area (Å²) in [5, 5.41) is 2.87. The molecule has 1 aliphatic carbocycles. The topological polar surface area (TPSA) is 64.3 Å². The summed E-state index contributed by atoms with van der Waals surface area (Å²) >= 11 is 0. The van der Waals surface area contributed by atoms with Crippen LogP contribution >= 0.6 is 0 Å². The maximum absolute atomic E-state index is 11.9. The number of amides is 1. The quantitative estimate of drug-likeness (QED) is 0.793. The predicted octanol–water partition coefficient (Wildman–Crippen LogP) is 0.915. The molecule has 1 aromatic rings. The third-order valence-electron chi connectivity index (χ3n) is 2.59. The molecular weight excluding hydrogens is 204 g/mol. The monoisotopic (exact) mass is 220 g/mol. The van der Waals surface area contributed by atoms with E-state index >= 15 is 0 Å². The number of benzene rings is 1. The van der Waals surface area contributed by atoms with Crippen molar-refractivity contribution in [3.05, 3.63) is 29.8 Å². The average molecular weight is 220 g/mol. The van der Waals surface area contributed by atoms with Crippen molar-refractivity contribution >= 4 is 5.91 Å². The van der Waals surface area contributed by atoms with E-state index in [1.165, 1.54) is 0 Å². The number of para-hydroxylation sites is 1. The Balaban J connectivity index is 2.09. The highest BCUT2D eigenvalue weighted by Crippen LogP contribution is 2.22. The Morgan fingerprint density at radius 2 is 2.25 bits per heavy atom. The van der Waals surface area contributed by atoms with Crippen molar-refractivity contribution in [3.8, 4) is 5.75 Å². The van der Waals surface area contributed by atoms with E-state index in [-0.39, 0.29) is 18.0 Å². The van der Waals surface area contributed by atoms with E-state index in [9.17, 15) is 4.79 Å². The van der Waals surface area contributed by atoms with Crippen LogP contribution in [0.25, 0.3) is 0 Å².